The number of carboxylic acid groups (broad SMARTS) is 2. The number of carbonyl (C=O) groups is 2. The van der Waals surface area contributed by atoms with Crippen molar-refractivity contribution in [3.63, 3.8) is 0 Å². The highest BCUT2D eigenvalue weighted by molar-refractivity contribution is 7.88. The third kappa shape index (κ3) is 32.7. The molecule has 0 aliphatic heterocycles. The third-order valence-corrected chi connectivity index (χ3v) is 2.74. The van der Waals surface area contributed by atoms with Gasteiger partial charge in [0, 0.05) is 35.8 Å². The summed E-state index contributed by atoms with van der Waals surface area (Å²) in [5.41, 5.74) is 0. The van der Waals surface area contributed by atoms with Gasteiger partial charge in [-0.15, -0.1) is 9.44 Å². The molecule has 0 aromatic carbocycles. The lowest BCUT2D eigenvalue weighted by atomic mass is 10.3. The number of nitrogens with one attached hydrogen (secondary N) is 2. The van der Waals surface area contributed by atoms with Crippen LogP contribution >= 0.6 is 0 Å². The van der Waals surface area contributed by atoms with E-state index in [1.807, 2.05) is 13.8 Å². The van der Waals surface area contributed by atoms with E-state index in [0.29, 0.717) is 0 Å². The fourth-order valence-electron chi connectivity index (χ4n) is 0.659. The van der Waals surface area contributed by atoms with Gasteiger partial charge >= 0.3 is 11.9 Å². The number of rotatable bonds is 7. The van der Waals surface area contributed by atoms with Gasteiger partial charge in [-0.2, -0.15) is 0 Å². The Morgan fingerprint density at radius 2 is 1.38 bits per heavy atom. The van der Waals surface area contributed by atoms with Gasteiger partial charge in [0.1, 0.15) is 12.5 Å². The van der Waals surface area contributed by atoms with E-state index in [-0.39, 0.29) is 0 Å². The van der Waals surface area contributed by atoms with Crippen LogP contribution in [0.15, 0.2) is 0 Å². The fourth-order valence-corrected chi connectivity index (χ4v) is 1.47. The Hall–Kier alpha value is -0.560. The van der Waals surface area contributed by atoms with Gasteiger partial charge in [0.15, 0.2) is 6.10 Å². The molecular weight excluding hydrogens is 324 g/mol. The van der Waals surface area contributed by atoms with Gasteiger partial charge in [-0.05, 0) is 13.8 Å². The molecular formula is C10H24N2O7S2. The van der Waals surface area contributed by atoms with Crippen molar-refractivity contribution in [1.82, 2.24) is 9.44 Å². The molecule has 0 spiro atoms. The van der Waals surface area contributed by atoms with Crippen LogP contribution in [0.1, 0.15) is 20.3 Å². The zero-order valence-electron chi connectivity index (χ0n) is 12.5. The number of carboxylic acids is 2. The van der Waals surface area contributed by atoms with Crippen LogP contribution in [-0.2, 0) is 32.3 Å². The summed E-state index contributed by atoms with van der Waals surface area (Å²) in [4.78, 5) is 19.4. The van der Waals surface area contributed by atoms with Crippen LogP contribution in [0, 0.1) is 0 Å². The fraction of sp³-hybridized carbons (Fsp3) is 0.800. The van der Waals surface area contributed by atoms with Crippen molar-refractivity contribution in [3.05, 3.63) is 0 Å². The third-order valence-electron chi connectivity index (χ3n) is 1.35. The molecule has 5 N–H and O–H groups in total. The van der Waals surface area contributed by atoms with Crippen LogP contribution in [-0.4, -0.2) is 68.1 Å². The van der Waals surface area contributed by atoms with Gasteiger partial charge < -0.3 is 24.4 Å². The van der Waals surface area contributed by atoms with E-state index in [1.165, 1.54) is 0 Å². The van der Waals surface area contributed by atoms with Gasteiger partial charge in [-0.25, -0.2) is 4.79 Å². The smallest absolute Gasteiger partial charge is 0.333 e. The van der Waals surface area contributed by atoms with Crippen LogP contribution in [0.2, 0.25) is 0 Å². The van der Waals surface area contributed by atoms with Crippen molar-refractivity contribution in [2.75, 3.05) is 25.6 Å². The van der Waals surface area contributed by atoms with E-state index < -0.39 is 47.2 Å². The molecule has 0 saturated heterocycles. The molecule has 3 atom stereocenters. The van der Waals surface area contributed by atoms with Gasteiger partial charge in [0.2, 0.25) is 0 Å². The van der Waals surface area contributed by atoms with Crippen molar-refractivity contribution in [2.24, 2.45) is 0 Å². The Labute approximate surface area is 130 Å². The van der Waals surface area contributed by atoms with E-state index >= 15 is 0 Å². The summed E-state index contributed by atoms with van der Waals surface area (Å²) in [7, 11) is 0. The zero-order valence-corrected chi connectivity index (χ0v) is 14.1. The molecule has 3 unspecified atom stereocenters. The number of aliphatic hydroxyl groups excluding tert-OH is 1. The quantitative estimate of drug-likeness (QED) is 0.351. The van der Waals surface area contributed by atoms with Crippen molar-refractivity contribution < 1.29 is 34.0 Å². The Bertz CT molecular complexity index is 258. The summed E-state index contributed by atoms with van der Waals surface area (Å²) >= 11 is -1.63. The van der Waals surface area contributed by atoms with Crippen LogP contribution in [0.4, 0.5) is 0 Å². The lowest BCUT2D eigenvalue weighted by Crippen LogP contribution is -2.22. The first-order valence-corrected chi connectivity index (χ1v) is 8.96. The number of aliphatic carboxylic acids is 2. The highest BCUT2D eigenvalue weighted by Gasteiger charge is 2.16. The summed E-state index contributed by atoms with van der Waals surface area (Å²) < 4.78 is 25.4. The predicted molar refractivity (Wildman–Crippen MR) is 81.4 cm³/mol. The first-order valence-electron chi connectivity index (χ1n) is 5.84. The molecule has 0 fully saturated rings. The molecule has 9 nitrogen and oxygen atoms in total. The second-order valence-corrected chi connectivity index (χ2v) is 5.75. The maximum Gasteiger partial charge on any atom is 0.333 e. The van der Waals surface area contributed by atoms with E-state index in [2.05, 4.69) is 9.44 Å². The minimum Gasteiger partial charge on any atom is -0.598 e. The first kappa shape index (κ1) is 25.4. The summed E-state index contributed by atoms with van der Waals surface area (Å²) in [5, 5.41) is 24.1. The minimum atomic E-state index is -1.79. The normalized spacial score (nSPS) is 13.7. The molecule has 0 radical (unpaired) electrons. The average molecular weight is 348 g/mol. The number of hydrogen-bond donors (Lipinski definition) is 5. The van der Waals surface area contributed by atoms with Crippen molar-refractivity contribution in [1.29, 1.82) is 0 Å². The Morgan fingerprint density at radius 3 is 1.43 bits per heavy atom. The maximum absolute atomic E-state index is 10.0. The van der Waals surface area contributed by atoms with Gasteiger partial charge in [0.05, 0.1) is 6.42 Å². The highest BCUT2D eigenvalue weighted by Crippen LogP contribution is 1.89. The lowest BCUT2D eigenvalue weighted by molar-refractivity contribution is -0.152. The van der Waals surface area contributed by atoms with Crippen LogP contribution in [0.3, 0.4) is 0 Å². The molecule has 0 aromatic heterocycles. The average Bonchev–Trinajstić information content (AvgIpc) is 2.28. The molecule has 11 heteroatoms. The number of aliphatic hydroxyl groups is 1. The van der Waals surface area contributed by atoms with E-state index in [9.17, 15) is 18.7 Å². The molecule has 0 aliphatic carbocycles. The molecule has 0 bridgehead atoms. The Kier molecular flexibility index (Phi) is 21.2. The molecule has 0 heterocycles. The van der Waals surface area contributed by atoms with E-state index in [4.69, 9.17) is 15.3 Å². The standard InChI is InChI=1S/C4H6O5.2C3H9NOS/c5-2(4(8)9)1-3(6)7;2*1-3-4-6(2)5/h2,5H,1H2,(H,6,7)(H,8,9);2*4H,3H2,1-2H3. The minimum absolute atomic E-state index is 0.755. The summed E-state index contributed by atoms with van der Waals surface area (Å²) in [5.74, 6) is -2.85. The Morgan fingerprint density at radius 1 is 1.05 bits per heavy atom. The Balaban J connectivity index is -0.000000240. The largest absolute Gasteiger partial charge is 0.598 e. The van der Waals surface area contributed by atoms with E-state index in [1.54, 1.807) is 12.5 Å². The molecule has 0 rings (SSSR count). The highest BCUT2D eigenvalue weighted by atomic mass is 32.2. The first-order chi connectivity index (χ1) is 9.58. The molecule has 0 saturated carbocycles. The van der Waals surface area contributed by atoms with Crippen molar-refractivity contribution >= 4 is 34.7 Å². The monoisotopic (exact) mass is 348 g/mol. The summed E-state index contributed by atoms with van der Waals surface area (Å²) in [6, 6.07) is 0. The SMILES string of the molecule is CCN[S+](C)[O-].CCN[S+](C)[O-].O=C(O)CC(O)C(=O)O. The van der Waals surface area contributed by atoms with Crippen LogP contribution in [0.25, 0.3) is 0 Å². The summed E-state index contributed by atoms with van der Waals surface area (Å²) in [6.45, 7) is 5.40. The zero-order chi connectivity index (χ0) is 17.4. The molecule has 0 aliphatic rings. The van der Waals surface area contributed by atoms with Crippen molar-refractivity contribution in [3.8, 4) is 0 Å². The molecule has 0 aromatic rings. The molecule has 128 valence electrons. The van der Waals surface area contributed by atoms with E-state index in [0.717, 1.165) is 13.1 Å². The van der Waals surface area contributed by atoms with Gasteiger partial charge in [0.25, 0.3) is 0 Å². The van der Waals surface area contributed by atoms with Crippen LogP contribution in [0.5, 0.6) is 0 Å². The molecule has 21 heavy (non-hydrogen) atoms. The van der Waals surface area contributed by atoms with Crippen LogP contribution < -0.4 is 9.44 Å². The summed E-state index contributed by atoms with van der Waals surface area (Å²) in [6.07, 6.45) is 0.685. The second-order valence-electron chi connectivity index (χ2n) is 3.36. The molecule has 0 amide bonds. The maximum atomic E-state index is 10.0. The van der Waals surface area contributed by atoms with Gasteiger partial charge in [-0.3, -0.25) is 4.79 Å². The number of hydrogen-bond acceptors (Lipinski definition) is 7. The lowest BCUT2D eigenvalue weighted by Gasteiger charge is -1.99. The second kappa shape index (κ2) is 17.5. The van der Waals surface area contributed by atoms with Crippen molar-refractivity contribution in [2.45, 2.75) is 26.4 Å². The topological polar surface area (TPSA) is 165 Å². The predicted octanol–water partition coefficient (Wildman–Crippen LogP) is -1.31. The van der Waals surface area contributed by atoms with Gasteiger partial charge in [-0.1, -0.05) is 0 Å².